The molecule has 0 saturated carbocycles. The van der Waals surface area contributed by atoms with E-state index in [1.165, 1.54) is 6.08 Å². The van der Waals surface area contributed by atoms with Crippen LogP contribution in [0.1, 0.15) is 26.7 Å². The summed E-state index contributed by atoms with van der Waals surface area (Å²) in [7, 11) is 0. The van der Waals surface area contributed by atoms with E-state index in [9.17, 15) is 9.59 Å². The van der Waals surface area contributed by atoms with Crippen molar-refractivity contribution in [1.29, 1.82) is 0 Å². The van der Waals surface area contributed by atoms with Crippen molar-refractivity contribution in [3.63, 3.8) is 0 Å². The number of hydrogen-bond donors (Lipinski definition) is 4. The molecule has 0 aromatic rings. The number of rotatable bonds is 8. The average Bonchev–Trinajstić information content (AvgIpc) is 2.32. The van der Waals surface area contributed by atoms with Crippen LogP contribution in [0.3, 0.4) is 0 Å². The van der Waals surface area contributed by atoms with Crippen LogP contribution < -0.4 is 22.5 Å². The molecule has 0 bridgehead atoms. The van der Waals surface area contributed by atoms with Crippen molar-refractivity contribution in [2.24, 2.45) is 22.2 Å². The molecule has 0 aliphatic rings. The molecule has 19 heavy (non-hydrogen) atoms. The zero-order valence-electron chi connectivity index (χ0n) is 11.5. The number of hydrogen-bond acceptors (Lipinski definition) is 5. The lowest BCUT2D eigenvalue weighted by Gasteiger charge is -2.15. The van der Waals surface area contributed by atoms with Crippen LogP contribution in [0, 0.1) is 0 Å². The Morgan fingerprint density at radius 3 is 2.42 bits per heavy atom. The molecule has 7 N–H and O–H groups in total. The first-order valence-electron chi connectivity index (χ1n) is 6.20. The fraction of sp³-hybridized carbons (Fsp3) is 0.583. The highest BCUT2D eigenvalue weighted by molar-refractivity contribution is 6.43. The van der Waals surface area contributed by atoms with E-state index in [-0.39, 0.29) is 5.71 Å². The highest BCUT2D eigenvalue weighted by Gasteiger charge is 2.19. The van der Waals surface area contributed by atoms with Gasteiger partial charge in [0.25, 0.3) is 5.91 Å². The molecule has 0 aliphatic carbocycles. The Morgan fingerprint density at radius 1 is 1.37 bits per heavy atom. The summed E-state index contributed by atoms with van der Waals surface area (Å²) in [6.07, 6.45) is 2.46. The maximum atomic E-state index is 12.0. The van der Waals surface area contributed by atoms with Crippen LogP contribution in [0.4, 0.5) is 0 Å². The number of nitrogens with two attached hydrogens (primary N) is 3. The third-order valence-corrected chi connectivity index (χ3v) is 2.27. The molecule has 7 nitrogen and oxygen atoms in total. The van der Waals surface area contributed by atoms with Crippen molar-refractivity contribution >= 4 is 17.5 Å². The van der Waals surface area contributed by atoms with E-state index in [2.05, 4.69) is 10.3 Å². The molecule has 0 aromatic heterocycles. The summed E-state index contributed by atoms with van der Waals surface area (Å²) in [5.41, 5.74) is 16.8. The van der Waals surface area contributed by atoms with Gasteiger partial charge >= 0.3 is 0 Å². The normalized spacial score (nSPS) is 14.1. The molecule has 1 unspecified atom stereocenters. The average molecular weight is 269 g/mol. The molecular formula is C12H23N5O2. The van der Waals surface area contributed by atoms with Gasteiger partial charge in [0.2, 0.25) is 5.91 Å². The molecule has 0 aromatic carbocycles. The van der Waals surface area contributed by atoms with Crippen molar-refractivity contribution in [3.8, 4) is 0 Å². The lowest BCUT2D eigenvalue weighted by atomic mass is 10.1. The summed E-state index contributed by atoms with van der Waals surface area (Å²) in [6.45, 7) is 4.32. The number of carbonyl (C=O) groups is 2. The number of carbonyl (C=O) groups excluding carboxylic acids is 2. The van der Waals surface area contributed by atoms with Crippen LogP contribution in [0.5, 0.6) is 0 Å². The highest BCUT2D eigenvalue weighted by atomic mass is 16.2. The zero-order valence-corrected chi connectivity index (χ0v) is 11.5. The molecule has 0 saturated heterocycles. The fourth-order valence-electron chi connectivity index (χ4n) is 1.41. The minimum absolute atomic E-state index is 0.182. The molecule has 0 radical (unpaired) electrons. The summed E-state index contributed by atoms with van der Waals surface area (Å²) in [6, 6.07) is -0.746. The number of allylic oxidation sites excluding steroid dienone is 1. The van der Waals surface area contributed by atoms with Crippen LogP contribution in [-0.4, -0.2) is 36.7 Å². The second-order valence-corrected chi connectivity index (χ2v) is 4.11. The van der Waals surface area contributed by atoms with Crippen LogP contribution in [0.2, 0.25) is 0 Å². The Hall–Kier alpha value is -1.89. The van der Waals surface area contributed by atoms with E-state index in [1.54, 1.807) is 13.8 Å². The van der Waals surface area contributed by atoms with Gasteiger partial charge in [-0.05, 0) is 39.3 Å². The van der Waals surface area contributed by atoms with Gasteiger partial charge in [-0.1, -0.05) is 0 Å². The largest absolute Gasteiger partial charge is 0.402 e. The number of amides is 2. The van der Waals surface area contributed by atoms with Gasteiger partial charge in [-0.2, -0.15) is 0 Å². The maximum absolute atomic E-state index is 12.0. The standard InChI is InChI=1S/C12H23N5O2/c1-3-16-10(7-8(2)14)12(19)17-9(11(15)18)5-4-6-13/h7,9H,3-6,13-14H2,1-2H3,(H2,15,18)(H,17,19)/b8-7-,16-10?. The summed E-state index contributed by atoms with van der Waals surface area (Å²) in [4.78, 5) is 27.2. The fourth-order valence-corrected chi connectivity index (χ4v) is 1.41. The van der Waals surface area contributed by atoms with Crippen molar-refractivity contribution < 1.29 is 9.59 Å². The molecule has 0 rings (SSSR count). The minimum atomic E-state index is -0.746. The molecule has 0 heterocycles. The summed E-state index contributed by atoms with van der Waals surface area (Å²) in [5.74, 6) is -1.06. The van der Waals surface area contributed by atoms with Gasteiger partial charge in [0.05, 0.1) is 0 Å². The first kappa shape index (κ1) is 17.1. The van der Waals surface area contributed by atoms with E-state index < -0.39 is 17.9 Å². The van der Waals surface area contributed by atoms with E-state index in [1.807, 2.05) is 0 Å². The lowest BCUT2D eigenvalue weighted by Crippen LogP contribution is -2.47. The SMILES string of the molecule is CCN=C(/C=C(/C)N)C(=O)NC(CCCN)C(N)=O. The van der Waals surface area contributed by atoms with Gasteiger partial charge in [0, 0.05) is 12.2 Å². The number of aliphatic imine (C=N–C) groups is 1. The predicted octanol–water partition coefficient (Wildman–Crippen LogP) is -0.981. The Bertz CT molecular complexity index is 372. The lowest BCUT2D eigenvalue weighted by molar-refractivity contribution is -0.124. The van der Waals surface area contributed by atoms with E-state index in [0.717, 1.165) is 0 Å². The number of nitrogens with one attached hydrogen (secondary N) is 1. The number of nitrogens with zero attached hydrogens (tertiary/aromatic N) is 1. The zero-order chi connectivity index (χ0) is 14.8. The third kappa shape index (κ3) is 7.20. The maximum Gasteiger partial charge on any atom is 0.270 e. The van der Waals surface area contributed by atoms with Crippen LogP contribution in [0.25, 0.3) is 0 Å². The van der Waals surface area contributed by atoms with E-state index in [4.69, 9.17) is 17.2 Å². The Labute approximate surface area is 113 Å². The summed E-state index contributed by atoms with van der Waals surface area (Å²) in [5, 5.41) is 2.54. The van der Waals surface area contributed by atoms with Crippen molar-refractivity contribution in [2.45, 2.75) is 32.7 Å². The molecule has 0 aliphatic heterocycles. The van der Waals surface area contributed by atoms with Crippen LogP contribution in [-0.2, 0) is 9.59 Å². The number of primary amides is 1. The topological polar surface area (TPSA) is 137 Å². The molecule has 0 spiro atoms. The van der Waals surface area contributed by atoms with Gasteiger partial charge in [-0.15, -0.1) is 0 Å². The molecule has 0 fully saturated rings. The molecule has 108 valence electrons. The van der Waals surface area contributed by atoms with Gasteiger partial charge in [0.1, 0.15) is 11.8 Å². The monoisotopic (exact) mass is 269 g/mol. The summed E-state index contributed by atoms with van der Waals surface area (Å²) >= 11 is 0. The summed E-state index contributed by atoms with van der Waals surface area (Å²) < 4.78 is 0. The van der Waals surface area contributed by atoms with Crippen LogP contribution >= 0.6 is 0 Å². The first-order valence-corrected chi connectivity index (χ1v) is 6.20. The molecule has 2 amide bonds. The van der Waals surface area contributed by atoms with E-state index >= 15 is 0 Å². The van der Waals surface area contributed by atoms with Crippen molar-refractivity contribution in [1.82, 2.24) is 5.32 Å². The molecule has 1 atom stereocenters. The smallest absolute Gasteiger partial charge is 0.270 e. The van der Waals surface area contributed by atoms with Gasteiger partial charge in [0.15, 0.2) is 0 Å². The van der Waals surface area contributed by atoms with Gasteiger partial charge in [-0.25, -0.2) is 0 Å². The van der Waals surface area contributed by atoms with Crippen molar-refractivity contribution in [3.05, 3.63) is 11.8 Å². The Morgan fingerprint density at radius 2 is 2.00 bits per heavy atom. The van der Waals surface area contributed by atoms with E-state index in [0.29, 0.717) is 31.6 Å². The predicted molar refractivity (Wildman–Crippen MR) is 75.3 cm³/mol. The second-order valence-electron chi connectivity index (χ2n) is 4.11. The first-order chi connectivity index (χ1) is 8.92. The highest BCUT2D eigenvalue weighted by Crippen LogP contribution is 1.97. The van der Waals surface area contributed by atoms with Gasteiger partial charge < -0.3 is 22.5 Å². The minimum Gasteiger partial charge on any atom is -0.402 e. The molecular weight excluding hydrogens is 246 g/mol. The second kappa shape index (κ2) is 9.09. The van der Waals surface area contributed by atoms with Crippen LogP contribution in [0.15, 0.2) is 16.8 Å². The van der Waals surface area contributed by atoms with Crippen molar-refractivity contribution in [2.75, 3.05) is 13.1 Å². The van der Waals surface area contributed by atoms with Gasteiger partial charge in [-0.3, -0.25) is 14.6 Å². The molecule has 7 heteroatoms. The quantitative estimate of drug-likeness (QED) is 0.421. The Kier molecular flexibility index (Phi) is 8.19. The Balaban J connectivity index is 4.81. The third-order valence-electron chi connectivity index (χ3n) is 2.27.